The number of amides is 1. The van der Waals surface area contributed by atoms with E-state index in [4.69, 9.17) is 0 Å². The van der Waals surface area contributed by atoms with Gasteiger partial charge in [-0.15, -0.1) is 0 Å². The zero-order chi connectivity index (χ0) is 15.1. The van der Waals surface area contributed by atoms with Gasteiger partial charge in [-0.25, -0.2) is 0 Å². The van der Waals surface area contributed by atoms with Crippen LogP contribution in [-0.2, 0) is 20.7 Å². The number of ether oxygens (including phenoxy) is 1. The molecular weight excluding hydrogens is 266 g/mol. The lowest BCUT2D eigenvalue weighted by Crippen LogP contribution is -2.38. The summed E-state index contributed by atoms with van der Waals surface area (Å²) in [6.45, 7) is 0. The fourth-order valence-electron chi connectivity index (χ4n) is 2.98. The summed E-state index contributed by atoms with van der Waals surface area (Å²) in [5.74, 6) is 0.109. The topological polar surface area (TPSA) is 55.4 Å². The van der Waals surface area contributed by atoms with Crippen molar-refractivity contribution in [3.05, 3.63) is 35.9 Å². The van der Waals surface area contributed by atoms with E-state index in [0.29, 0.717) is 5.92 Å². The number of hydrogen-bond donors (Lipinski definition) is 1. The summed E-state index contributed by atoms with van der Waals surface area (Å²) in [5.41, 5.74) is 1.32. The van der Waals surface area contributed by atoms with Crippen LogP contribution in [0.25, 0.3) is 0 Å². The number of methoxy groups -OCH3 is 1. The lowest BCUT2D eigenvalue weighted by molar-refractivity contribution is -0.142. The fourth-order valence-corrected chi connectivity index (χ4v) is 2.98. The molecule has 1 amide bonds. The normalized spacial score (nSPS) is 21.0. The van der Waals surface area contributed by atoms with Gasteiger partial charge in [-0.2, -0.15) is 0 Å². The Morgan fingerprint density at radius 1 is 1.19 bits per heavy atom. The quantitative estimate of drug-likeness (QED) is 0.819. The minimum absolute atomic E-state index is 0.0506. The Kier molecular flexibility index (Phi) is 5.78. The third-order valence-electron chi connectivity index (χ3n) is 4.13. The summed E-state index contributed by atoms with van der Waals surface area (Å²) in [7, 11) is 1.34. The lowest BCUT2D eigenvalue weighted by atomic mass is 9.94. The fraction of sp³-hybridized carbons (Fsp3) is 0.529. The SMILES string of the molecule is COC(=O)CCC(=O)N[C@@H]1CCC[C@H]1Cc1ccccc1. The molecule has 2 atom stereocenters. The van der Waals surface area contributed by atoms with E-state index in [9.17, 15) is 9.59 Å². The van der Waals surface area contributed by atoms with Crippen LogP contribution in [0, 0.1) is 5.92 Å². The molecule has 0 heterocycles. The van der Waals surface area contributed by atoms with Crippen LogP contribution in [-0.4, -0.2) is 25.0 Å². The Bertz CT molecular complexity index is 472. The predicted molar refractivity (Wildman–Crippen MR) is 80.7 cm³/mol. The highest BCUT2D eigenvalue weighted by atomic mass is 16.5. The number of esters is 1. The van der Waals surface area contributed by atoms with Crippen molar-refractivity contribution in [2.45, 2.75) is 44.6 Å². The molecular formula is C17H23NO3. The molecule has 1 aliphatic carbocycles. The molecule has 0 saturated heterocycles. The molecule has 1 aromatic carbocycles. The monoisotopic (exact) mass is 289 g/mol. The van der Waals surface area contributed by atoms with Gasteiger partial charge in [0.2, 0.25) is 5.91 Å². The molecule has 1 N–H and O–H groups in total. The third-order valence-corrected chi connectivity index (χ3v) is 4.13. The second-order valence-electron chi connectivity index (χ2n) is 5.63. The van der Waals surface area contributed by atoms with E-state index in [0.717, 1.165) is 25.7 Å². The van der Waals surface area contributed by atoms with Crippen molar-refractivity contribution in [2.24, 2.45) is 5.92 Å². The summed E-state index contributed by atoms with van der Waals surface area (Å²) >= 11 is 0. The van der Waals surface area contributed by atoms with Crippen molar-refractivity contribution >= 4 is 11.9 Å². The van der Waals surface area contributed by atoms with Gasteiger partial charge in [0.25, 0.3) is 0 Å². The number of carbonyl (C=O) groups is 2. The first-order valence-electron chi connectivity index (χ1n) is 7.59. The molecule has 21 heavy (non-hydrogen) atoms. The van der Waals surface area contributed by atoms with Gasteiger partial charge in [-0.3, -0.25) is 9.59 Å². The average Bonchev–Trinajstić information content (AvgIpc) is 2.93. The molecule has 0 bridgehead atoms. The van der Waals surface area contributed by atoms with E-state index >= 15 is 0 Å². The molecule has 0 aromatic heterocycles. The Balaban J connectivity index is 1.81. The second-order valence-corrected chi connectivity index (χ2v) is 5.63. The van der Waals surface area contributed by atoms with Crippen LogP contribution in [0.1, 0.15) is 37.7 Å². The van der Waals surface area contributed by atoms with Gasteiger partial charge in [0, 0.05) is 12.5 Å². The summed E-state index contributed by atoms with van der Waals surface area (Å²) in [6, 6.07) is 10.6. The van der Waals surface area contributed by atoms with Crippen molar-refractivity contribution in [3.63, 3.8) is 0 Å². The number of nitrogens with one attached hydrogen (secondary N) is 1. The van der Waals surface area contributed by atoms with Crippen molar-refractivity contribution < 1.29 is 14.3 Å². The van der Waals surface area contributed by atoms with Gasteiger partial charge in [-0.05, 0) is 30.7 Å². The molecule has 0 spiro atoms. The number of rotatable bonds is 6. The Hall–Kier alpha value is -1.84. The highest BCUT2D eigenvalue weighted by Gasteiger charge is 2.28. The first-order chi connectivity index (χ1) is 10.2. The molecule has 2 rings (SSSR count). The van der Waals surface area contributed by atoms with Crippen LogP contribution < -0.4 is 5.32 Å². The van der Waals surface area contributed by atoms with Gasteiger partial charge in [-0.1, -0.05) is 36.8 Å². The number of benzene rings is 1. The average molecular weight is 289 g/mol. The van der Waals surface area contributed by atoms with Gasteiger partial charge in [0.05, 0.1) is 13.5 Å². The summed E-state index contributed by atoms with van der Waals surface area (Å²) in [4.78, 5) is 23.0. The molecule has 1 saturated carbocycles. The maximum absolute atomic E-state index is 11.9. The number of hydrogen-bond acceptors (Lipinski definition) is 3. The Morgan fingerprint density at radius 3 is 2.67 bits per heavy atom. The van der Waals surface area contributed by atoms with Crippen LogP contribution in [0.15, 0.2) is 30.3 Å². The van der Waals surface area contributed by atoms with E-state index in [1.54, 1.807) is 0 Å². The summed E-state index contributed by atoms with van der Waals surface area (Å²) in [6.07, 6.45) is 4.69. The first kappa shape index (κ1) is 15.5. The van der Waals surface area contributed by atoms with Crippen LogP contribution in [0.4, 0.5) is 0 Å². The maximum atomic E-state index is 11.9. The molecule has 4 nitrogen and oxygen atoms in total. The van der Waals surface area contributed by atoms with Gasteiger partial charge >= 0.3 is 5.97 Å². The van der Waals surface area contributed by atoms with Crippen molar-refractivity contribution in [2.75, 3.05) is 7.11 Å². The Morgan fingerprint density at radius 2 is 1.95 bits per heavy atom. The largest absolute Gasteiger partial charge is 0.469 e. The zero-order valence-electron chi connectivity index (χ0n) is 12.5. The predicted octanol–water partition coefficient (Wildman–Crippen LogP) is 2.47. The molecule has 0 aliphatic heterocycles. The van der Waals surface area contributed by atoms with Crippen molar-refractivity contribution in [3.8, 4) is 0 Å². The minimum Gasteiger partial charge on any atom is -0.469 e. The molecule has 1 fully saturated rings. The van der Waals surface area contributed by atoms with Crippen LogP contribution >= 0.6 is 0 Å². The summed E-state index contributed by atoms with van der Waals surface area (Å²) in [5, 5.41) is 3.08. The first-order valence-corrected chi connectivity index (χ1v) is 7.59. The molecule has 4 heteroatoms. The van der Waals surface area contributed by atoms with Gasteiger partial charge < -0.3 is 10.1 Å². The van der Waals surface area contributed by atoms with Gasteiger partial charge in [0.15, 0.2) is 0 Å². The minimum atomic E-state index is -0.336. The van der Waals surface area contributed by atoms with Crippen molar-refractivity contribution in [1.82, 2.24) is 5.32 Å². The highest BCUT2D eigenvalue weighted by molar-refractivity contribution is 5.81. The van der Waals surface area contributed by atoms with Crippen molar-refractivity contribution in [1.29, 1.82) is 0 Å². The van der Waals surface area contributed by atoms with E-state index in [2.05, 4.69) is 22.2 Å². The second kappa shape index (κ2) is 7.81. The number of carbonyl (C=O) groups excluding carboxylic acids is 2. The van der Waals surface area contributed by atoms with E-state index < -0.39 is 0 Å². The molecule has 0 unspecified atom stereocenters. The standard InChI is InChI=1S/C17H23NO3/c1-21-17(20)11-10-16(19)18-15-9-5-8-14(15)12-13-6-3-2-4-7-13/h2-4,6-7,14-15H,5,8-12H2,1H3,(H,18,19)/t14-,15+/m0/s1. The van der Waals surface area contributed by atoms with Crippen LogP contribution in [0.5, 0.6) is 0 Å². The van der Waals surface area contributed by atoms with Gasteiger partial charge in [0.1, 0.15) is 0 Å². The summed E-state index contributed by atoms with van der Waals surface area (Å²) < 4.78 is 4.55. The maximum Gasteiger partial charge on any atom is 0.306 e. The highest BCUT2D eigenvalue weighted by Crippen LogP contribution is 2.28. The van der Waals surface area contributed by atoms with E-state index in [1.807, 2.05) is 18.2 Å². The molecule has 0 radical (unpaired) electrons. The van der Waals surface area contributed by atoms with Crippen LogP contribution in [0.2, 0.25) is 0 Å². The Labute approximate surface area is 125 Å². The molecule has 1 aliphatic rings. The lowest BCUT2D eigenvalue weighted by Gasteiger charge is -2.21. The van der Waals surface area contributed by atoms with E-state index in [-0.39, 0.29) is 30.8 Å². The zero-order valence-corrected chi connectivity index (χ0v) is 12.5. The van der Waals surface area contributed by atoms with E-state index in [1.165, 1.54) is 12.7 Å². The molecule has 114 valence electrons. The van der Waals surface area contributed by atoms with Crippen LogP contribution in [0.3, 0.4) is 0 Å². The molecule has 1 aromatic rings. The third kappa shape index (κ3) is 4.88. The smallest absolute Gasteiger partial charge is 0.306 e.